The minimum Gasteiger partial charge on any atom is -0.338 e. The Morgan fingerprint density at radius 3 is 1.95 bits per heavy atom. The third-order valence-corrected chi connectivity index (χ3v) is 3.75. The molecule has 0 aromatic heterocycles. The fourth-order valence-electron chi connectivity index (χ4n) is 2.35. The van der Waals surface area contributed by atoms with Crippen LogP contribution in [-0.4, -0.2) is 18.7 Å². The van der Waals surface area contributed by atoms with E-state index in [1.807, 2.05) is 0 Å². The van der Waals surface area contributed by atoms with E-state index in [1.165, 1.54) is 51.4 Å². The first-order chi connectivity index (χ1) is 10.2. The van der Waals surface area contributed by atoms with Crippen molar-refractivity contribution in [2.45, 2.75) is 97.1 Å². The molecule has 0 bridgehead atoms. The third kappa shape index (κ3) is 15.4. The Morgan fingerprint density at radius 1 is 0.857 bits per heavy atom. The van der Waals surface area contributed by atoms with Crippen LogP contribution in [0, 0.1) is 0 Å². The second-order valence-electron chi connectivity index (χ2n) is 5.98. The summed E-state index contributed by atoms with van der Waals surface area (Å²) in [6.45, 7) is 5.09. The molecule has 2 amide bonds. The summed E-state index contributed by atoms with van der Waals surface area (Å²) in [6.07, 6.45) is 14.5. The Hall–Kier alpha value is -0.770. The molecule has 4 N–H and O–H groups in total. The molecule has 0 aliphatic heterocycles. The molecule has 0 fully saturated rings. The highest BCUT2D eigenvalue weighted by Crippen LogP contribution is 2.10. The number of unbranched alkanes of at least 4 members (excludes halogenated alkanes) is 9. The largest absolute Gasteiger partial charge is 0.338 e. The van der Waals surface area contributed by atoms with E-state index in [0.717, 1.165) is 32.2 Å². The van der Waals surface area contributed by atoms with Crippen molar-refractivity contribution in [3.05, 3.63) is 0 Å². The Bertz CT molecular complexity index is 234. The zero-order chi connectivity index (χ0) is 15.8. The molecule has 0 radical (unpaired) electrons. The zero-order valence-electron chi connectivity index (χ0n) is 14.3. The van der Waals surface area contributed by atoms with E-state index in [-0.39, 0.29) is 12.2 Å². The van der Waals surface area contributed by atoms with Gasteiger partial charge >= 0.3 is 6.03 Å². The lowest BCUT2D eigenvalue weighted by atomic mass is 10.1. The second kappa shape index (κ2) is 15.6. The second-order valence-corrected chi connectivity index (χ2v) is 5.98. The summed E-state index contributed by atoms with van der Waals surface area (Å²) in [5.41, 5.74) is 5.90. The molecule has 4 heteroatoms. The van der Waals surface area contributed by atoms with Crippen molar-refractivity contribution >= 4 is 6.03 Å². The molecule has 4 nitrogen and oxygen atoms in total. The lowest BCUT2D eigenvalue weighted by molar-refractivity contribution is 0.236. The van der Waals surface area contributed by atoms with Crippen LogP contribution < -0.4 is 16.4 Å². The third-order valence-electron chi connectivity index (χ3n) is 3.75. The maximum atomic E-state index is 11.5. The van der Waals surface area contributed by atoms with Gasteiger partial charge in [-0.25, -0.2) is 4.79 Å². The quantitative estimate of drug-likeness (QED) is 0.331. The maximum Gasteiger partial charge on any atom is 0.316 e. The minimum absolute atomic E-state index is 0.133. The lowest BCUT2D eigenvalue weighted by Gasteiger charge is -2.14. The Kier molecular flexibility index (Phi) is 15.0. The SMILES string of the molecule is CCCCCCCCCCCC(N)NC(=O)NCCCC. The number of rotatable bonds is 14. The summed E-state index contributed by atoms with van der Waals surface area (Å²) >= 11 is 0. The van der Waals surface area contributed by atoms with Crippen LogP contribution in [0.1, 0.15) is 90.9 Å². The van der Waals surface area contributed by atoms with Crippen LogP contribution in [0.2, 0.25) is 0 Å². The van der Waals surface area contributed by atoms with Gasteiger partial charge in [-0.3, -0.25) is 0 Å². The van der Waals surface area contributed by atoms with E-state index in [9.17, 15) is 4.79 Å². The zero-order valence-corrected chi connectivity index (χ0v) is 14.3. The number of nitrogens with two attached hydrogens (primary N) is 1. The average molecular weight is 300 g/mol. The first kappa shape index (κ1) is 20.2. The van der Waals surface area contributed by atoms with E-state index in [2.05, 4.69) is 24.5 Å². The maximum absolute atomic E-state index is 11.5. The van der Waals surface area contributed by atoms with Gasteiger partial charge in [0.1, 0.15) is 0 Å². The Morgan fingerprint density at radius 2 is 1.38 bits per heavy atom. The summed E-state index contributed by atoms with van der Waals surface area (Å²) in [5, 5.41) is 5.61. The Labute approximate surface area is 131 Å². The highest BCUT2D eigenvalue weighted by atomic mass is 16.2. The summed E-state index contributed by atoms with van der Waals surface area (Å²) in [4.78, 5) is 11.5. The van der Waals surface area contributed by atoms with Crippen LogP contribution in [0.4, 0.5) is 4.79 Å². The van der Waals surface area contributed by atoms with Gasteiger partial charge in [-0.15, -0.1) is 0 Å². The molecular weight excluding hydrogens is 262 g/mol. The molecule has 0 aliphatic rings. The smallest absolute Gasteiger partial charge is 0.316 e. The van der Waals surface area contributed by atoms with E-state index < -0.39 is 0 Å². The van der Waals surface area contributed by atoms with Gasteiger partial charge in [0.2, 0.25) is 0 Å². The van der Waals surface area contributed by atoms with Crippen LogP contribution in [0.15, 0.2) is 0 Å². The summed E-state index contributed by atoms with van der Waals surface area (Å²) in [7, 11) is 0. The van der Waals surface area contributed by atoms with Crippen molar-refractivity contribution in [3.8, 4) is 0 Å². The van der Waals surface area contributed by atoms with E-state index in [0.29, 0.717) is 0 Å². The summed E-state index contributed by atoms with van der Waals surface area (Å²) in [6, 6.07) is -0.133. The van der Waals surface area contributed by atoms with Gasteiger partial charge in [0.05, 0.1) is 6.17 Å². The van der Waals surface area contributed by atoms with Gasteiger partial charge in [0.25, 0.3) is 0 Å². The first-order valence-electron chi connectivity index (χ1n) is 9.00. The van der Waals surface area contributed by atoms with E-state index in [4.69, 9.17) is 5.73 Å². The van der Waals surface area contributed by atoms with E-state index >= 15 is 0 Å². The molecule has 0 aliphatic carbocycles. The van der Waals surface area contributed by atoms with Crippen molar-refractivity contribution in [2.75, 3.05) is 6.54 Å². The molecule has 0 aromatic carbocycles. The molecule has 126 valence electrons. The number of urea groups is 1. The van der Waals surface area contributed by atoms with Crippen molar-refractivity contribution in [1.82, 2.24) is 10.6 Å². The van der Waals surface area contributed by atoms with E-state index in [1.54, 1.807) is 0 Å². The first-order valence-corrected chi connectivity index (χ1v) is 9.00. The molecule has 0 saturated carbocycles. The number of nitrogens with one attached hydrogen (secondary N) is 2. The molecule has 0 aromatic rings. The van der Waals surface area contributed by atoms with Crippen LogP contribution in [-0.2, 0) is 0 Å². The molecule has 1 atom stereocenters. The van der Waals surface area contributed by atoms with Gasteiger partial charge in [-0.05, 0) is 12.8 Å². The van der Waals surface area contributed by atoms with Crippen molar-refractivity contribution in [3.63, 3.8) is 0 Å². The van der Waals surface area contributed by atoms with Gasteiger partial charge in [0.15, 0.2) is 0 Å². The highest BCUT2D eigenvalue weighted by molar-refractivity contribution is 5.74. The van der Waals surface area contributed by atoms with Crippen LogP contribution in [0.5, 0.6) is 0 Å². The number of amides is 2. The standard InChI is InChI=1S/C17H37N3O/c1-3-5-7-8-9-10-11-12-13-14-16(18)20-17(21)19-15-6-4-2/h16H,3-15,18H2,1-2H3,(H2,19,20,21). The summed E-state index contributed by atoms with van der Waals surface area (Å²) in [5.74, 6) is 0. The predicted octanol–water partition coefficient (Wildman–Crippen LogP) is 4.29. The number of hydrogen-bond acceptors (Lipinski definition) is 2. The number of carbonyl (C=O) groups is 1. The van der Waals surface area contributed by atoms with Gasteiger partial charge in [0, 0.05) is 6.54 Å². The van der Waals surface area contributed by atoms with Crippen LogP contribution in [0.25, 0.3) is 0 Å². The predicted molar refractivity (Wildman–Crippen MR) is 91.3 cm³/mol. The molecule has 0 heterocycles. The topological polar surface area (TPSA) is 67.1 Å². The van der Waals surface area contributed by atoms with Gasteiger partial charge < -0.3 is 16.4 Å². The van der Waals surface area contributed by atoms with Gasteiger partial charge in [-0.2, -0.15) is 0 Å². The van der Waals surface area contributed by atoms with Crippen LogP contribution >= 0.6 is 0 Å². The molecule has 0 saturated heterocycles. The van der Waals surface area contributed by atoms with Crippen molar-refractivity contribution < 1.29 is 4.79 Å². The lowest BCUT2D eigenvalue weighted by Crippen LogP contribution is -2.46. The number of hydrogen-bond donors (Lipinski definition) is 3. The minimum atomic E-state index is -0.212. The molecular formula is C17H37N3O. The van der Waals surface area contributed by atoms with Crippen molar-refractivity contribution in [1.29, 1.82) is 0 Å². The monoisotopic (exact) mass is 299 g/mol. The molecule has 0 rings (SSSR count). The number of carbonyl (C=O) groups excluding carboxylic acids is 1. The molecule has 21 heavy (non-hydrogen) atoms. The average Bonchev–Trinajstić information content (AvgIpc) is 2.45. The normalized spacial score (nSPS) is 12.1. The molecule has 1 unspecified atom stereocenters. The van der Waals surface area contributed by atoms with Gasteiger partial charge in [-0.1, -0.05) is 78.1 Å². The van der Waals surface area contributed by atoms with Crippen molar-refractivity contribution in [2.24, 2.45) is 5.73 Å². The highest BCUT2D eigenvalue weighted by Gasteiger charge is 2.06. The Balaban J connectivity index is 3.29. The fraction of sp³-hybridized carbons (Fsp3) is 0.941. The summed E-state index contributed by atoms with van der Waals surface area (Å²) < 4.78 is 0. The van der Waals surface area contributed by atoms with Crippen LogP contribution in [0.3, 0.4) is 0 Å². The fourth-order valence-corrected chi connectivity index (χ4v) is 2.35. The molecule has 0 spiro atoms.